The zero-order chi connectivity index (χ0) is 21.5. The lowest BCUT2D eigenvalue weighted by Gasteiger charge is -2.27. The molecule has 3 aromatic rings. The molecule has 0 N–H and O–H groups in total. The molecule has 0 saturated heterocycles. The van der Waals surface area contributed by atoms with Gasteiger partial charge in [-0.1, -0.05) is 18.2 Å². The van der Waals surface area contributed by atoms with E-state index in [2.05, 4.69) is 4.98 Å². The first-order chi connectivity index (χ1) is 14.2. The van der Waals surface area contributed by atoms with Crippen LogP contribution in [0.3, 0.4) is 0 Å². The Morgan fingerprint density at radius 3 is 2.67 bits per heavy atom. The number of nitrogens with zero attached hydrogens (tertiary/aromatic N) is 2. The number of rotatable bonds is 4. The molecule has 1 aliphatic rings. The molecule has 0 saturated carbocycles. The van der Waals surface area contributed by atoms with Crippen molar-refractivity contribution in [2.45, 2.75) is 52.2 Å². The van der Waals surface area contributed by atoms with Crippen molar-refractivity contribution in [3.05, 3.63) is 59.7 Å². The third-order valence-corrected chi connectivity index (χ3v) is 4.87. The Morgan fingerprint density at radius 2 is 1.97 bits per heavy atom. The van der Waals surface area contributed by atoms with Gasteiger partial charge in [-0.25, -0.2) is 9.78 Å². The number of benzene rings is 1. The first-order valence-corrected chi connectivity index (χ1v) is 9.86. The summed E-state index contributed by atoms with van der Waals surface area (Å²) in [5.74, 6) is 0.704. The molecule has 1 atom stereocenters. The number of esters is 1. The van der Waals surface area contributed by atoms with Gasteiger partial charge in [0, 0.05) is 12.1 Å². The summed E-state index contributed by atoms with van der Waals surface area (Å²) in [5, 5.41) is 0. The van der Waals surface area contributed by atoms with Gasteiger partial charge in [0.25, 0.3) is 5.89 Å². The van der Waals surface area contributed by atoms with Crippen LogP contribution < -0.4 is 4.90 Å². The van der Waals surface area contributed by atoms with Crippen LogP contribution in [0.2, 0.25) is 0 Å². The van der Waals surface area contributed by atoms with Crippen molar-refractivity contribution in [2.75, 3.05) is 4.90 Å². The summed E-state index contributed by atoms with van der Waals surface area (Å²) in [7, 11) is 0. The fourth-order valence-electron chi connectivity index (χ4n) is 3.58. The fourth-order valence-corrected chi connectivity index (χ4v) is 3.58. The molecule has 1 aromatic carbocycles. The summed E-state index contributed by atoms with van der Waals surface area (Å²) in [5.41, 5.74) is 1.54. The van der Waals surface area contributed by atoms with Gasteiger partial charge in [-0.15, -0.1) is 0 Å². The van der Waals surface area contributed by atoms with Gasteiger partial charge in [-0.05, 0) is 51.5 Å². The third-order valence-electron chi connectivity index (χ3n) is 4.87. The summed E-state index contributed by atoms with van der Waals surface area (Å²) in [6.45, 7) is 7.20. The van der Waals surface area contributed by atoms with Crippen LogP contribution in [-0.2, 0) is 27.2 Å². The smallest absolute Gasteiger partial charge is 0.330 e. The van der Waals surface area contributed by atoms with E-state index in [-0.39, 0.29) is 12.3 Å². The average Bonchev–Trinajstić information content (AvgIpc) is 3.38. The predicted octanol–water partition coefficient (Wildman–Crippen LogP) is 4.09. The number of oxazole rings is 1. The molecule has 7 nitrogen and oxygen atoms in total. The minimum Gasteiger partial charge on any atom is -0.459 e. The predicted molar refractivity (Wildman–Crippen MR) is 110 cm³/mol. The van der Waals surface area contributed by atoms with Crippen molar-refractivity contribution in [3.8, 4) is 11.7 Å². The van der Waals surface area contributed by atoms with E-state index in [0.717, 1.165) is 11.3 Å². The number of para-hydroxylation sites is 1. The maximum atomic E-state index is 13.3. The molecule has 1 amide bonds. The molecule has 1 unspecified atom stereocenters. The number of aryl methyl sites for hydroxylation is 1. The van der Waals surface area contributed by atoms with E-state index < -0.39 is 17.6 Å². The Morgan fingerprint density at radius 1 is 1.20 bits per heavy atom. The minimum absolute atomic E-state index is 0.00364. The highest BCUT2D eigenvalue weighted by Gasteiger charge is 2.40. The summed E-state index contributed by atoms with van der Waals surface area (Å²) < 4.78 is 16.6. The van der Waals surface area contributed by atoms with Crippen molar-refractivity contribution >= 4 is 17.6 Å². The van der Waals surface area contributed by atoms with Crippen LogP contribution in [0.15, 0.2) is 51.5 Å². The van der Waals surface area contributed by atoms with Gasteiger partial charge in [0.15, 0.2) is 5.76 Å². The SMILES string of the molecule is Cc1oc(-c2ccco2)nc1CC(=O)N1c2ccccc2CC1C(=O)OC(C)(C)C. The molecule has 2 aromatic heterocycles. The lowest BCUT2D eigenvalue weighted by molar-refractivity contribution is -0.157. The Hall–Kier alpha value is -3.35. The molecule has 0 spiro atoms. The highest BCUT2D eigenvalue weighted by atomic mass is 16.6. The van der Waals surface area contributed by atoms with E-state index in [0.29, 0.717) is 29.5 Å². The summed E-state index contributed by atoms with van der Waals surface area (Å²) in [4.78, 5) is 32.1. The van der Waals surface area contributed by atoms with Crippen LogP contribution in [0.25, 0.3) is 11.7 Å². The topological polar surface area (TPSA) is 85.8 Å². The highest BCUT2D eigenvalue weighted by molar-refractivity contribution is 6.03. The van der Waals surface area contributed by atoms with Crippen molar-refractivity contribution in [1.82, 2.24) is 4.98 Å². The zero-order valence-corrected chi connectivity index (χ0v) is 17.5. The minimum atomic E-state index is -0.703. The molecule has 1 aliphatic heterocycles. The van der Waals surface area contributed by atoms with Gasteiger partial charge in [0.1, 0.15) is 17.4 Å². The van der Waals surface area contributed by atoms with Gasteiger partial charge >= 0.3 is 5.97 Å². The highest BCUT2D eigenvalue weighted by Crippen LogP contribution is 2.34. The third kappa shape index (κ3) is 3.87. The number of fused-ring (bicyclic) bond motifs is 1. The van der Waals surface area contributed by atoms with Crippen LogP contribution in [0.4, 0.5) is 5.69 Å². The molecule has 7 heteroatoms. The second-order valence-electron chi connectivity index (χ2n) is 8.32. The maximum absolute atomic E-state index is 13.3. The van der Waals surface area contributed by atoms with Gasteiger partial charge in [-0.3, -0.25) is 9.69 Å². The Labute approximate surface area is 174 Å². The average molecular weight is 408 g/mol. The van der Waals surface area contributed by atoms with E-state index in [1.165, 1.54) is 11.2 Å². The molecule has 4 rings (SSSR count). The molecule has 0 bridgehead atoms. The number of amides is 1. The fraction of sp³-hybridized carbons (Fsp3) is 0.348. The van der Waals surface area contributed by atoms with Crippen LogP contribution in [0.5, 0.6) is 0 Å². The standard InChI is InChI=1S/C23H24N2O5/c1-14-16(24-21(29-14)19-10-7-11-28-19)13-20(26)25-17-9-6-5-8-15(17)12-18(25)22(27)30-23(2,3)4/h5-11,18H,12-13H2,1-4H3. The van der Waals surface area contributed by atoms with Crippen LogP contribution >= 0.6 is 0 Å². The molecule has 3 heterocycles. The van der Waals surface area contributed by atoms with E-state index in [1.807, 2.05) is 45.0 Å². The van der Waals surface area contributed by atoms with Gasteiger partial charge in [-0.2, -0.15) is 0 Å². The molecule has 0 fully saturated rings. The molecular formula is C23H24N2O5. The second kappa shape index (κ2) is 7.48. The lowest BCUT2D eigenvalue weighted by Crippen LogP contribution is -2.46. The Balaban J connectivity index is 1.61. The summed E-state index contributed by atoms with van der Waals surface area (Å²) >= 11 is 0. The van der Waals surface area contributed by atoms with Crippen molar-refractivity contribution in [2.24, 2.45) is 0 Å². The van der Waals surface area contributed by atoms with E-state index in [4.69, 9.17) is 13.6 Å². The summed E-state index contributed by atoms with van der Waals surface area (Å²) in [6.07, 6.45) is 1.96. The molecule has 30 heavy (non-hydrogen) atoms. The zero-order valence-electron chi connectivity index (χ0n) is 17.5. The lowest BCUT2D eigenvalue weighted by atomic mass is 10.1. The van der Waals surface area contributed by atoms with Crippen LogP contribution in [0.1, 0.15) is 37.8 Å². The number of aromatic nitrogens is 1. The van der Waals surface area contributed by atoms with Crippen LogP contribution in [-0.4, -0.2) is 28.5 Å². The number of anilines is 1. The Kier molecular flexibility index (Phi) is 4.97. The molecular weight excluding hydrogens is 384 g/mol. The monoisotopic (exact) mass is 408 g/mol. The van der Waals surface area contributed by atoms with Crippen molar-refractivity contribution < 1.29 is 23.2 Å². The number of carbonyl (C=O) groups is 2. The Bertz CT molecular complexity index is 1080. The number of furan rings is 1. The van der Waals surface area contributed by atoms with Gasteiger partial charge in [0.05, 0.1) is 18.4 Å². The van der Waals surface area contributed by atoms with Crippen molar-refractivity contribution in [1.29, 1.82) is 0 Å². The second-order valence-corrected chi connectivity index (χ2v) is 8.32. The normalized spacial score (nSPS) is 15.9. The molecule has 156 valence electrons. The number of hydrogen-bond acceptors (Lipinski definition) is 6. The molecule has 0 aliphatic carbocycles. The van der Waals surface area contributed by atoms with E-state index >= 15 is 0 Å². The largest absolute Gasteiger partial charge is 0.459 e. The van der Waals surface area contributed by atoms with E-state index in [9.17, 15) is 9.59 Å². The van der Waals surface area contributed by atoms with Gasteiger partial charge < -0.3 is 13.6 Å². The number of carbonyl (C=O) groups excluding carboxylic acids is 2. The number of hydrogen-bond donors (Lipinski definition) is 0. The first kappa shape index (κ1) is 19.9. The van der Waals surface area contributed by atoms with Crippen molar-refractivity contribution in [3.63, 3.8) is 0 Å². The number of ether oxygens (including phenoxy) is 1. The molecule has 0 radical (unpaired) electrons. The first-order valence-electron chi connectivity index (χ1n) is 9.86. The maximum Gasteiger partial charge on any atom is 0.330 e. The van der Waals surface area contributed by atoms with E-state index in [1.54, 1.807) is 19.1 Å². The van der Waals surface area contributed by atoms with Gasteiger partial charge in [0.2, 0.25) is 5.91 Å². The quantitative estimate of drug-likeness (QED) is 0.605. The summed E-state index contributed by atoms with van der Waals surface area (Å²) in [6, 6.07) is 10.3. The van der Waals surface area contributed by atoms with Crippen LogP contribution in [0, 0.1) is 6.92 Å².